The number of amides is 1. The maximum Gasteiger partial charge on any atom is 0.255 e. The van der Waals surface area contributed by atoms with Crippen LogP contribution in [0.15, 0.2) is 22.7 Å². The SMILES string of the molecule is O=C(c1ccc(Cl)cc1Br)N1CCCC1CCCCl. The van der Waals surface area contributed by atoms with Gasteiger partial charge in [0.25, 0.3) is 5.91 Å². The monoisotopic (exact) mass is 363 g/mol. The topological polar surface area (TPSA) is 20.3 Å². The highest BCUT2D eigenvalue weighted by Gasteiger charge is 2.29. The molecule has 0 aromatic heterocycles. The number of carbonyl (C=O) groups excluding carboxylic acids is 1. The molecule has 1 heterocycles. The second-order valence-corrected chi connectivity index (χ2v) is 6.42. The van der Waals surface area contributed by atoms with Gasteiger partial charge in [-0.1, -0.05) is 11.6 Å². The molecule has 0 N–H and O–H groups in total. The second kappa shape index (κ2) is 6.96. The van der Waals surface area contributed by atoms with Gasteiger partial charge in [-0.15, -0.1) is 11.6 Å². The smallest absolute Gasteiger partial charge is 0.255 e. The van der Waals surface area contributed by atoms with Crippen LogP contribution in [0, 0.1) is 0 Å². The number of hydrogen-bond donors (Lipinski definition) is 0. The van der Waals surface area contributed by atoms with E-state index in [1.54, 1.807) is 18.2 Å². The maximum absolute atomic E-state index is 12.6. The Kier molecular flexibility index (Phi) is 5.55. The van der Waals surface area contributed by atoms with Gasteiger partial charge in [0.2, 0.25) is 0 Å². The Morgan fingerprint density at radius 1 is 1.47 bits per heavy atom. The van der Waals surface area contributed by atoms with Crippen molar-refractivity contribution in [2.75, 3.05) is 12.4 Å². The largest absolute Gasteiger partial charge is 0.336 e. The first kappa shape index (κ1) is 15.1. The van der Waals surface area contributed by atoms with E-state index in [4.69, 9.17) is 23.2 Å². The van der Waals surface area contributed by atoms with Crippen LogP contribution >= 0.6 is 39.1 Å². The van der Waals surface area contributed by atoms with Gasteiger partial charge in [-0.3, -0.25) is 4.79 Å². The maximum atomic E-state index is 12.6. The minimum absolute atomic E-state index is 0.0839. The molecule has 0 bridgehead atoms. The first-order chi connectivity index (χ1) is 9.13. The molecule has 5 heteroatoms. The van der Waals surface area contributed by atoms with Crippen molar-refractivity contribution in [3.8, 4) is 0 Å². The van der Waals surface area contributed by atoms with Gasteiger partial charge >= 0.3 is 0 Å². The third-order valence-corrected chi connectivity index (χ3v) is 4.63. The van der Waals surface area contributed by atoms with Crippen LogP contribution in [0.25, 0.3) is 0 Å². The molecule has 1 aliphatic heterocycles. The summed E-state index contributed by atoms with van der Waals surface area (Å²) in [5.41, 5.74) is 0.683. The fraction of sp³-hybridized carbons (Fsp3) is 0.500. The van der Waals surface area contributed by atoms with Crippen molar-refractivity contribution in [2.24, 2.45) is 0 Å². The Balaban J connectivity index is 2.13. The number of alkyl halides is 1. The number of carbonyl (C=O) groups is 1. The summed E-state index contributed by atoms with van der Waals surface area (Å²) >= 11 is 15.1. The first-order valence-electron chi connectivity index (χ1n) is 6.45. The number of rotatable bonds is 4. The number of hydrogen-bond acceptors (Lipinski definition) is 1. The molecule has 1 atom stereocenters. The molecule has 1 aromatic rings. The molecule has 1 aromatic carbocycles. The van der Waals surface area contributed by atoms with E-state index in [2.05, 4.69) is 15.9 Å². The lowest BCUT2D eigenvalue weighted by atomic mass is 10.1. The van der Waals surface area contributed by atoms with Gasteiger partial charge in [0.15, 0.2) is 0 Å². The van der Waals surface area contributed by atoms with Gasteiger partial charge in [0.05, 0.1) is 5.56 Å². The van der Waals surface area contributed by atoms with Crippen LogP contribution in [-0.2, 0) is 0 Å². The van der Waals surface area contributed by atoms with Crippen molar-refractivity contribution in [1.29, 1.82) is 0 Å². The Hall–Kier alpha value is -0.250. The standard InChI is InChI=1S/C14H16BrCl2NO/c15-13-9-10(17)5-6-12(13)14(19)18-8-2-4-11(18)3-1-7-16/h5-6,9,11H,1-4,7-8H2. The van der Waals surface area contributed by atoms with Gasteiger partial charge in [0.1, 0.15) is 0 Å². The number of nitrogens with zero attached hydrogens (tertiary/aromatic N) is 1. The molecule has 0 aliphatic carbocycles. The Morgan fingerprint density at radius 3 is 2.95 bits per heavy atom. The molecule has 1 fully saturated rings. The van der Waals surface area contributed by atoms with Crippen molar-refractivity contribution in [1.82, 2.24) is 4.90 Å². The Labute approximate surface area is 132 Å². The summed E-state index contributed by atoms with van der Waals surface area (Å²) in [5.74, 6) is 0.740. The molecular formula is C14H16BrCl2NO. The van der Waals surface area contributed by atoms with E-state index in [0.717, 1.165) is 36.7 Å². The third kappa shape index (κ3) is 3.65. The summed E-state index contributed by atoms with van der Waals surface area (Å²) in [5, 5.41) is 0.628. The summed E-state index contributed by atoms with van der Waals surface area (Å²) < 4.78 is 0.757. The zero-order chi connectivity index (χ0) is 13.8. The molecule has 0 radical (unpaired) electrons. The van der Waals surface area contributed by atoms with Crippen LogP contribution in [0.1, 0.15) is 36.0 Å². The summed E-state index contributed by atoms with van der Waals surface area (Å²) in [4.78, 5) is 14.5. The Morgan fingerprint density at radius 2 is 2.26 bits per heavy atom. The zero-order valence-corrected chi connectivity index (χ0v) is 13.6. The second-order valence-electron chi connectivity index (χ2n) is 4.75. The third-order valence-electron chi connectivity index (χ3n) is 3.47. The van der Waals surface area contributed by atoms with E-state index in [0.29, 0.717) is 22.5 Å². The fourth-order valence-electron chi connectivity index (χ4n) is 2.53. The van der Waals surface area contributed by atoms with E-state index in [1.165, 1.54) is 0 Å². The Bertz CT molecular complexity index is 467. The van der Waals surface area contributed by atoms with Crippen molar-refractivity contribution in [3.63, 3.8) is 0 Å². The molecule has 2 nitrogen and oxygen atoms in total. The average molecular weight is 365 g/mol. The summed E-state index contributed by atoms with van der Waals surface area (Å²) in [6.45, 7) is 0.834. The molecule has 0 spiro atoms. The van der Waals surface area contributed by atoms with Crippen LogP contribution in [0.3, 0.4) is 0 Å². The molecule has 1 unspecified atom stereocenters. The highest BCUT2D eigenvalue weighted by Crippen LogP contribution is 2.28. The van der Waals surface area contributed by atoms with Crippen molar-refractivity contribution in [2.45, 2.75) is 31.7 Å². The molecular weight excluding hydrogens is 349 g/mol. The average Bonchev–Trinajstić information content (AvgIpc) is 2.83. The summed E-state index contributed by atoms with van der Waals surface area (Å²) in [6.07, 6.45) is 4.09. The lowest BCUT2D eigenvalue weighted by Crippen LogP contribution is -2.35. The normalized spacial score (nSPS) is 18.9. The van der Waals surface area contributed by atoms with E-state index in [-0.39, 0.29) is 5.91 Å². The van der Waals surface area contributed by atoms with Crippen molar-refractivity contribution in [3.05, 3.63) is 33.3 Å². The predicted octanol–water partition coefficient (Wildman–Crippen LogP) is 4.73. The summed E-state index contributed by atoms with van der Waals surface area (Å²) in [7, 11) is 0. The van der Waals surface area contributed by atoms with E-state index >= 15 is 0 Å². The predicted molar refractivity (Wildman–Crippen MR) is 83.2 cm³/mol. The molecule has 0 saturated carbocycles. The quantitative estimate of drug-likeness (QED) is 0.707. The van der Waals surface area contributed by atoms with E-state index in [1.807, 2.05) is 4.90 Å². The van der Waals surface area contributed by atoms with E-state index < -0.39 is 0 Å². The molecule has 2 rings (SSSR count). The highest BCUT2D eigenvalue weighted by molar-refractivity contribution is 9.10. The number of halogens is 3. The van der Waals surface area contributed by atoms with Gasteiger partial charge < -0.3 is 4.90 Å². The number of benzene rings is 1. The first-order valence-corrected chi connectivity index (χ1v) is 8.16. The number of likely N-dealkylation sites (tertiary alicyclic amines) is 1. The zero-order valence-electron chi connectivity index (χ0n) is 10.5. The van der Waals surface area contributed by atoms with Crippen LogP contribution < -0.4 is 0 Å². The van der Waals surface area contributed by atoms with Crippen LogP contribution in [0.5, 0.6) is 0 Å². The molecule has 19 heavy (non-hydrogen) atoms. The minimum Gasteiger partial charge on any atom is -0.336 e. The molecule has 1 aliphatic rings. The lowest BCUT2D eigenvalue weighted by Gasteiger charge is -2.25. The van der Waals surface area contributed by atoms with Gasteiger partial charge in [0, 0.05) is 28.0 Å². The molecule has 1 amide bonds. The lowest BCUT2D eigenvalue weighted by molar-refractivity contribution is 0.0729. The van der Waals surface area contributed by atoms with Crippen molar-refractivity contribution >= 4 is 45.0 Å². The van der Waals surface area contributed by atoms with Crippen LogP contribution in [-0.4, -0.2) is 29.3 Å². The minimum atomic E-state index is 0.0839. The van der Waals surface area contributed by atoms with E-state index in [9.17, 15) is 4.79 Å². The fourth-order valence-corrected chi connectivity index (χ4v) is 3.54. The van der Waals surface area contributed by atoms with Crippen LogP contribution in [0.4, 0.5) is 0 Å². The van der Waals surface area contributed by atoms with Crippen molar-refractivity contribution < 1.29 is 4.79 Å². The van der Waals surface area contributed by atoms with Gasteiger partial charge in [-0.25, -0.2) is 0 Å². The van der Waals surface area contributed by atoms with Crippen LogP contribution in [0.2, 0.25) is 5.02 Å². The van der Waals surface area contributed by atoms with Gasteiger partial charge in [-0.05, 0) is 59.8 Å². The summed E-state index contributed by atoms with van der Waals surface area (Å²) in [6, 6.07) is 5.63. The molecule has 1 saturated heterocycles. The highest BCUT2D eigenvalue weighted by atomic mass is 79.9. The molecule has 104 valence electrons. The van der Waals surface area contributed by atoms with Gasteiger partial charge in [-0.2, -0.15) is 0 Å².